The number of rotatable bonds is 0. The van der Waals surface area contributed by atoms with Crippen molar-refractivity contribution in [3.05, 3.63) is 24.3 Å². The Bertz CT molecular complexity index is 300. The van der Waals surface area contributed by atoms with Crippen molar-refractivity contribution < 1.29 is 5.02 Å². The molecule has 0 unspecified atom stereocenters. The van der Waals surface area contributed by atoms with Crippen molar-refractivity contribution in [2.75, 3.05) is 5.32 Å². The van der Waals surface area contributed by atoms with Crippen LogP contribution in [0.2, 0.25) is 0 Å². The molecule has 0 spiro atoms. The van der Waals surface area contributed by atoms with E-state index in [1.807, 2.05) is 24.3 Å². The molecule has 0 aliphatic carbocycles. The van der Waals surface area contributed by atoms with E-state index < -0.39 is 7.05 Å². The Kier molecular flexibility index (Phi) is 1.40. The Morgan fingerprint density at radius 3 is 3.00 bits per heavy atom. The molecule has 54 valence electrons. The Hall–Kier alpha value is -1.29. The van der Waals surface area contributed by atoms with Crippen molar-refractivity contribution in [3.8, 4) is 0 Å². The van der Waals surface area contributed by atoms with Gasteiger partial charge in [0.05, 0.1) is 6.34 Å². The highest BCUT2D eigenvalue weighted by molar-refractivity contribution is 6.68. The first-order valence-electron chi connectivity index (χ1n) is 3.43. The number of nitrogens with zero attached hydrogens (tertiary/aromatic N) is 1. The van der Waals surface area contributed by atoms with E-state index in [9.17, 15) is 5.02 Å². The lowest BCUT2D eigenvalue weighted by Crippen LogP contribution is -2.34. The Labute approximate surface area is 64.9 Å². The maximum atomic E-state index is 9.32. The molecule has 0 bridgehead atoms. The number of hydrogen-bond acceptors (Lipinski definition) is 3. The van der Waals surface area contributed by atoms with Gasteiger partial charge < -0.3 is 10.3 Å². The molecule has 0 radical (unpaired) electrons. The predicted molar refractivity (Wildman–Crippen MR) is 46.2 cm³/mol. The monoisotopic (exact) mass is 146 g/mol. The first-order chi connectivity index (χ1) is 5.38. The van der Waals surface area contributed by atoms with Crippen LogP contribution in [0, 0.1) is 0 Å². The minimum Gasteiger partial charge on any atom is -0.427 e. The zero-order valence-electron chi connectivity index (χ0n) is 5.86. The fourth-order valence-electron chi connectivity index (χ4n) is 1.11. The van der Waals surface area contributed by atoms with Crippen LogP contribution in [0.4, 0.5) is 5.69 Å². The smallest absolute Gasteiger partial charge is 0.427 e. The Morgan fingerprint density at radius 1 is 1.36 bits per heavy atom. The van der Waals surface area contributed by atoms with Gasteiger partial charge in [0.15, 0.2) is 0 Å². The van der Waals surface area contributed by atoms with Gasteiger partial charge in [0.25, 0.3) is 0 Å². The quantitative estimate of drug-likeness (QED) is 0.499. The molecular formula is C7H7BN2O. The largest absolute Gasteiger partial charge is 0.471 e. The summed E-state index contributed by atoms with van der Waals surface area (Å²) in [5.41, 5.74) is 1.75. The average molecular weight is 146 g/mol. The van der Waals surface area contributed by atoms with Gasteiger partial charge >= 0.3 is 7.05 Å². The second-order valence-electron chi connectivity index (χ2n) is 2.38. The summed E-state index contributed by atoms with van der Waals surface area (Å²) in [4.78, 5) is 3.79. The van der Waals surface area contributed by atoms with Gasteiger partial charge in [-0.3, -0.25) is 4.90 Å². The van der Waals surface area contributed by atoms with Crippen molar-refractivity contribution in [1.29, 1.82) is 0 Å². The summed E-state index contributed by atoms with van der Waals surface area (Å²) >= 11 is 0. The number of fused-ring (bicyclic) bond motifs is 1. The van der Waals surface area contributed by atoms with E-state index in [1.54, 1.807) is 0 Å². The highest BCUT2D eigenvalue weighted by atomic mass is 16.2. The van der Waals surface area contributed by atoms with Crippen LogP contribution in [0.3, 0.4) is 0 Å². The molecular weight excluding hydrogens is 139 g/mol. The number of hydrogen-bond donors (Lipinski definition) is 2. The third-order valence-corrected chi connectivity index (χ3v) is 1.67. The average Bonchev–Trinajstić information content (AvgIpc) is 2.06. The maximum absolute atomic E-state index is 9.32. The molecule has 2 N–H and O–H groups in total. The van der Waals surface area contributed by atoms with Crippen LogP contribution in [0.5, 0.6) is 0 Å². The molecule has 0 saturated carbocycles. The summed E-state index contributed by atoms with van der Waals surface area (Å²) in [6, 6.07) is 7.55. The standard InChI is InChI=1S/C7H7BN2O/c11-8-6-3-1-2-4-7(6)9-5-10-8/h1-5,11H,(H,9,10). The van der Waals surface area contributed by atoms with Gasteiger partial charge in [-0.2, -0.15) is 0 Å². The molecule has 2 rings (SSSR count). The molecule has 4 heteroatoms. The van der Waals surface area contributed by atoms with E-state index in [0.717, 1.165) is 11.2 Å². The van der Waals surface area contributed by atoms with Crippen molar-refractivity contribution in [2.45, 2.75) is 0 Å². The first kappa shape index (κ1) is 6.43. The zero-order chi connectivity index (χ0) is 7.68. The molecule has 0 fully saturated rings. The topological polar surface area (TPSA) is 44.6 Å². The summed E-state index contributed by atoms with van der Waals surface area (Å²) < 4.78 is 0. The van der Waals surface area contributed by atoms with Crippen molar-refractivity contribution in [1.82, 2.24) is 0 Å². The van der Waals surface area contributed by atoms with Crippen LogP contribution in [0.15, 0.2) is 29.2 Å². The Balaban J connectivity index is 2.50. The summed E-state index contributed by atoms with van der Waals surface area (Å²) in [5, 5.41) is 12.3. The lowest BCUT2D eigenvalue weighted by Gasteiger charge is -2.12. The SMILES string of the molecule is OB1N=CNc2ccccc21. The van der Waals surface area contributed by atoms with Crippen LogP contribution < -0.4 is 10.8 Å². The van der Waals surface area contributed by atoms with Gasteiger partial charge in [-0.1, -0.05) is 18.2 Å². The highest BCUT2D eigenvalue weighted by Crippen LogP contribution is 2.05. The van der Waals surface area contributed by atoms with Crippen LogP contribution in [-0.4, -0.2) is 18.4 Å². The van der Waals surface area contributed by atoms with Crippen molar-refractivity contribution in [2.24, 2.45) is 4.90 Å². The number of anilines is 1. The van der Waals surface area contributed by atoms with Crippen LogP contribution in [-0.2, 0) is 0 Å². The van der Waals surface area contributed by atoms with Gasteiger partial charge in [-0.25, -0.2) is 0 Å². The van der Waals surface area contributed by atoms with Crippen molar-refractivity contribution >= 4 is 24.5 Å². The summed E-state index contributed by atoms with van der Waals surface area (Å²) in [5.74, 6) is 0. The summed E-state index contributed by atoms with van der Waals surface area (Å²) in [6.07, 6.45) is 1.51. The number of nitrogens with one attached hydrogen (secondary N) is 1. The van der Waals surface area contributed by atoms with E-state index >= 15 is 0 Å². The maximum Gasteiger partial charge on any atom is 0.471 e. The minimum atomic E-state index is -0.701. The fraction of sp³-hybridized carbons (Fsp3) is 0. The molecule has 0 amide bonds. The normalized spacial score (nSPS) is 14.1. The van der Waals surface area contributed by atoms with Gasteiger partial charge in [0.2, 0.25) is 0 Å². The van der Waals surface area contributed by atoms with Crippen LogP contribution in [0.25, 0.3) is 0 Å². The van der Waals surface area contributed by atoms with Gasteiger partial charge in [0.1, 0.15) is 0 Å². The molecule has 0 aromatic heterocycles. The number of para-hydroxylation sites is 1. The van der Waals surface area contributed by atoms with Crippen LogP contribution in [0.1, 0.15) is 0 Å². The lowest BCUT2D eigenvalue weighted by atomic mass is 9.73. The van der Waals surface area contributed by atoms with E-state index in [-0.39, 0.29) is 0 Å². The first-order valence-corrected chi connectivity index (χ1v) is 3.43. The molecule has 1 aromatic carbocycles. The molecule has 1 aromatic rings. The summed E-state index contributed by atoms with van der Waals surface area (Å²) in [7, 11) is -0.701. The predicted octanol–water partition coefficient (Wildman–Crippen LogP) is -0.172. The molecule has 1 heterocycles. The Morgan fingerprint density at radius 2 is 2.18 bits per heavy atom. The molecule has 3 nitrogen and oxygen atoms in total. The second-order valence-corrected chi connectivity index (χ2v) is 2.38. The van der Waals surface area contributed by atoms with Gasteiger partial charge in [-0.15, -0.1) is 0 Å². The molecule has 0 atom stereocenters. The van der Waals surface area contributed by atoms with E-state index in [2.05, 4.69) is 10.2 Å². The fourth-order valence-corrected chi connectivity index (χ4v) is 1.11. The zero-order valence-corrected chi connectivity index (χ0v) is 5.86. The van der Waals surface area contributed by atoms with E-state index in [4.69, 9.17) is 0 Å². The molecule has 1 aliphatic rings. The minimum absolute atomic E-state index is 0.701. The molecule has 0 saturated heterocycles. The highest BCUT2D eigenvalue weighted by Gasteiger charge is 2.18. The van der Waals surface area contributed by atoms with Crippen molar-refractivity contribution in [3.63, 3.8) is 0 Å². The van der Waals surface area contributed by atoms with Gasteiger partial charge in [-0.05, 0) is 11.5 Å². The molecule has 1 aliphatic heterocycles. The van der Waals surface area contributed by atoms with Gasteiger partial charge in [0, 0.05) is 5.69 Å². The lowest BCUT2D eigenvalue weighted by molar-refractivity contribution is 0.588. The van der Waals surface area contributed by atoms with E-state index in [0.29, 0.717) is 0 Å². The third-order valence-electron chi connectivity index (χ3n) is 1.67. The molecule has 11 heavy (non-hydrogen) atoms. The van der Waals surface area contributed by atoms with Crippen LogP contribution >= 0.6 is 0 Å². The van der Waals surface area contributed by atoms with E-state index in [1.165, 1.54) is 6.34 Å². The number of benzene rings is 1. The summed E-state index contributed by atoms with van der Waals surface area (Å²) in [6.45, 7) is 0. The third kappa shape index (κ3) is 1.01. The second kappa shape index (κ2) is 2.40.